The molecule has 3 aromatic carbocycles. The third-order valence-electron chi connectivity index (χ3n) is 20.6. The normalized spacial score (nSPS) is 15.1. The maximum Gasteiger partial charge on any atom is 0.163 e. The van der Waals surface area contributed by atoms with Crippen LogP contribution in [0.5, 0.6) is 0 Å². The number of carbonyl (C=O) groups is 6. The molecule has 0 spiro atoms. The molecule has 0 unspecified atom stereocenters. The van der Waals surface area contributed by atoms with Gasteiger partial charge in [-0.1, -0.05) is 110 Å². The van der Waals surface area contributed by atoms with Crippen molar-refractivity contribution in [2.24, 2.45) is 0 Å². The Bertz CT molecular complexity index is 4450. The summed E-state index contributed by atoms with van der Waals surface area (Å²) in [6, 6.07) is 19.9. The van der Waals surface area contributed by atoms with Gasteiger partial charge in [0.05, 0.1) is 0 Å². The molecule has 0 amide bonds. The van der Waals surface area contributed by atoms with Crippen molar-refractivity contribution in [3.8, 4) is 22.3 Å². The number of anilines is 5. The van der Waals surface area contributed by atoms with Gasteiger partial charge in [-0.05, 0) is 232 Å². The van der Waals surface area contributed by atoms with E-state index < -0.39 is 0 Å². The number of ketones is 6. The molecule has 3 radical (unpaired) electrons. The first-order valence-electron chi connectivity index (χ1n) is 41.1. The van der Waals surface area contributed by atoms with Gasteiger partial charge >= 0.3 is 0 Å². The van der Waals surface area contributed by atoms with Gasteiger partial charge in [0.25, 0.3) is 0 Å². The maximum absolute atomic E-state index is 13.6. The number of hydrogen-bond acceptors (Lipinski definition) is 17. The van der Waals surface area contributed by atoms with Crippen LogP contribution in [0.3, 0.4) is 0 Å². The van der Waals surface area contributed by atoms with Gasteiger partial charge < -0.3 is 41.5 Å². The third-order valence-corrected chi connectivity index (χ3v) is 20.6. The van der Waals surface area contributed by atoms with Gasteiger partial charge in [-0.2, -0.15) is 20.8 Å². The molecule has 10 rings (SSSR count). The predicted molar refractivity (Wildman–Crippen MR) is 481 cm³/mol. The molecular weight excluding hydrogens is 1680 g/mol. The van der Waals surface area contributed by atoms with E-state index in [1.165, 1.54) is 12.4 Å². The summed E-state index contributed by atoms with van der Waals surface area (Å²) in [6.45, 7) is 66.3. The van der Waals surface area contributed by atoms with E-state index >= 15 is 0 Å². The molecule has 5 aliphatic rings. The second kappa shape index (κ2) is 50.8. The van der Waals surface area contributed by atoms with E-state index in [2.05, 4.69) is 142 Å². The van der Waals surface area contributed by atoms with Gasteiger partial charge in [-0.25, -0.2) is 23.1 Å². The molecule has 3 aliphatic carbocycles. The molecule has 5 aromatic rings. The van der Waals surface area contributed by atoms with E-state index in [4.69, 9.17) is 20.8 Å². The Morgan fingerprint density at radius 1 is 0.479 bits per heavy atom. The zero-order chi connectivity index (χ0) is 85.1. The minimum Gasteiger partial charge on any atom is -0.535 e. The summed E-state index contributed by atoms with van der Waals surface area (Å²) < 4.78 is 0. The Balaban J connectivity index is 0.000000578. The van der Waals surface area contributed by atoms with E-state index in [0.717, 1.165) is 159 Å². The largest absolute Gasteiger partial charge is 0.535 e. The van der Waals surface area contributed by atoms with Gasteiger partial charge in [0.2, 0.25) is 0 Å². The topological polar surface area (TPSA) is 225 Å². The Kier molecular flexibility index (Phi) is 46.4. The van der Waals surface area contributed by atoms with E-state index in [0.29, 0.717) is 78.5 Å². The summed E-state index contributed by atoms with van der Waals surface area (Å²) in [6.07, 6.45) is 17.4. The first-order chi connectivity index (χ1) is 54.1. The molecule has 625 valence electrons. The van der Waals surface area contributed by atoms with Gasteiger partial charge in [-0.3, -0.25) is 40.2 Å². The van der Waals surface area contributed by atoms with Crippen molar-refractivity contribution < 1.29 is 127 Å². The summed E-state index contributed by atoms with van der Waals surface area (Å²) >= 11 is 0. The smallest absolute Gasteiger partial charge is 0.163 e. The van der Waals surface area contributed by atoms with Crippen LogP contribution in [-0.4, -0.2) is 130 Å². The molecule has 5 N–H and O–H groups in total. The Morgan fingerprint density at radius 2 is 0.829 bits per heavy atom. The van der Waals surface area contributed by atoms with Crippen molar-refractivity contribution >= 4 is 81.9 Å². The number of nitrogens with zero attached hydrogens (tertiary/aromatic N) is 6. The fourth-order valence-electron chi connectivity index (χ4n) is 14.7. The molecule has 2 aliphatic heterocycles. The fourth-order valence-corrected chi connectivity index (χ4v) is 14.7. The Morgan fingerprint density at radius 3 is 1.14 bits per heavy atom. The van der Waals surface area contributed by atoms with Crippen LogP contribution in [0.1, 0.15) is 277 Å². The van der Waals surface area contributed by atoms with E-state index in [-0.39, 0.29) is 162 Å². The SMILES string of the molecule is C=Cc1c(N[CH-]C)cc(C(C)(C)C)cc1C(=O)CCC1=C(C)C=C(C)CC1=O.CC.CC.CC.C[CH-]N1CCN(c2ccc(-c3cc(NC(C)(C)C)c(C=N)c(C(=O)CCC4=C(C)C=C(C)CC4=O)c3)cn2)CC1.C[CH-]Nc1cc(-c2ccc(N3CCN(C(C)(C)C)CC3)nc2)cc(C(=O)CCC2=C(C)C=C(C)CC2=O)c1C=N.[Y].[Y].[Y]. The number of carbonyl (C=O) groups excluding carboxylic acids is 6. The zero-order valence-corrected chi connectivity index (χ0v) is 83.7. The van der Waals surface area contributed by atoms with Crippen LogP contribution in [0.15, 0.2) is 148 Å². The van der Waals surface area contributed by atoms with Crippen molar-refractivity contribution in [3.63, 3.8) is 0 Å². The van der Waals surface area contributed by atoms with Crippen molar-refractivity contribution in [2.75, 3.05) is 78.1 Å². The average molecular weight is 1820 g/mol. The van der Waals surface area contributed by atoms with Crippen LogP contribution in [0.2, 0.25) is 0 Å². The second-order valence-electron chi connectivity index (χ2n) is 32.2. The van der Waals surface area contributed by atoms with Gasteiger partial charge in [0, 0.05) is 273 Å². The molecule has 20 heteroatoms. The quantitative estimate of drug-likeness (QED) is 0.0208. The molecule has 0 bridgehead atoms. The molecule has 2 aromatic heterocycles. The molecular formula is C97H134N11O6Y3-3. The number of hydrogen-bond donors (Lipinski definition) is 5. The summed E-state index contributed by atoms with van der Waals surface area (Å²) in [5, 5.41) is 26.2. The number of rotatable bonds is 25. The minimum atomic E-state index is -0.266. The molecule has 4 heterocycles. The molecule has 17 nitrogen and oxygen atoms in total. The average Bonchev–Trinajstić information content (AvgIpc) is 0.791. The summed E-state index contributed by atoms with van der Waals surface area (Å²) in [7, 11) is 0. The summed E-state index contributed by atoms with van der Waals surface area (Å²) in [5.41, 5.74) is 18.6. The second-order valence-corrected chi connectivity index (χ2v) is 32.2. The van der Waals surface area contributed by atoms with E-state index in [9.17, 15) is 28.8 Å². The number of Topliss-reactive ketones (excluding diaryl/α,β-unsaturated/α-hetero) is 6. The van der Waals surface area contributed by atoms with Crippen molar-refractivity contribution in [1.29, 1.82) is 10.8 Å². The Hall–Kier alpha value is -6.27. The van der Waals surface area contributed by atoms with Gasteiger partial charge in [-0.15, -0.1) is 0 Å². The van der Waals surface area contributed by atoms with Gasteiger partial charge in [0.1, 0.15) is 11.6 Å². The Labute approximate surface area is 779 Å². The van der Waals surface area contributed by atoms with Crippen LogP contribution in [-0.2, 0) is 118 Å². The van der Waals surface area contributed by atoms with Crippen molar-refractivity contribution in [1.82, 2.24) is 19.8 Å². The number of allylic oxidation sites excluding steroid dienone is 12. The summed E-state index contributed by atoms with van der Waals surface area (Å²) in [4.78, 5) is 96.9. The van der Waals surface area contributed by atoms with E-state index in [1.54, 1.807) is 12.6 Å². The number of nitrogens with one attached hydrogen (secondary N) is 5. The monoisotopic (exact) mass is 1820 g/mol. The van der Waals surface area contributed by atoms with Crippen LogP contribution in [0, 0.1) is 30.5 Å². The minimum absolute atomic E-state index is 0. The predicted octanol–water partition coefficient (Wildman–Crippen LogP) is 22.4. The number of aromatic nitrogens is 2. The number of piperazine rings is 2. The molecule has 2 fully saturated rings. The van der Waals surface area contributed by atoms with Crippen molar-refractivity contribution in [2.45, 2.75) is 240 Å². The zero-order valence-electron chi connectivity index (χ0n) is 75.2. The number of benzene rings is 3. The molecule has 0 saturated carbocycles. The standard InChI is InChI=1S/2C33H42N5O2.C25H32NO2.3C2H6.3Y/c1-7-37-12-14-38(15-13-37)32-11-8-24(21-35-32)25-18-27(28(20-34)29(19-25)36-33(4,5)6)30(39)10-9-26-23(3)16-22(2)17-31(26)40;1-7-35-29-19-25(24-8-11-32(36-21-24)37-12-14-38(15-13-37)33(4,5)6)18-27(28(29)20-34)30(39)10-9-26-23(3)16-22(2)17-31(26)40;1-8-19-21(14-18(25(5,6)7)15-22(19)26-9-2)23(27)11-10-20-17(4)12-16(3)13-24(20)28;3*1-2;;;/h7-8,11,16,18-21,34,36H,9-10,12-15,17H2,1-6H3;7-8,11,16,18-21,34-35H,9-10,12-15,17H2,1-6H3;8-9,12,14-15,26H,1,10-11,13H2,2-7H3;3*1-2H3;;;/q3*-1;;;;;;. The fraction of sp³-hybridized carbons (Fsp3) is 0.454. The maximum atomic E-state index is 13.6. The molecule has 2 saturated heterocycles. The molecule has 0 atom stereocenters. The number of pyridine rings is 2. The van der Waals surface area contributed by atoms with E-state index in [1.807, 2.05) is 170 Å². The first kappa shape index (κ1) is 107. The van der Waals surface area contributed by atoms with Crippen molar-refractivity contribution in [3.05, 3.63) is 207 Å². The van der Waals surface area contributed by atoms with Crippen LogP contribution >= 0.6 is 0 Å². The van der Waals surface area contributed by atoms with Crippen LogP contribution in [0.25, 0.3) is 28.3 Å². The molecule has 117 heavy (non-hydrogen) atoms. The summed E-state index contributed by atoms with van der Waals surface area (Å²) in [5.74, 6) is 2.12. The third kappa shape index (κ3) is 30.7. The first-order valence-corrected chi connectivity index (χ1v) is 41.1. The van der Waals surface area contributed by atoms with Gasteiger partial charge in [0.15, 0.2) is 34.7 Å². The van der Waals surface area contributed by atoms with Crippen LogP contribution < -0.4 is 25.8 Å². The van der Waals surface area contributed by atoms with Crippen LogP contribution in [0.4, 0.5) is 28.7 Å².